The van der Waals surface area contributed by atoms with Crippen LogP contribution in [0.2, 0.25) is 0 Å². The smallest absolute Gasteiger partial charge is 0.262 e. The van der Waals surface area contributed by atoms with Crippen molar-refractivity contribution in [2.24, 2.45) is 5.92 Å². The van der Waals surface area contributed by atoms with Crippen molar-refractivity contribution in [3.63, 3.8) is 0 Å². The minimum absolute atomic E-state index is 0.0351. The number of fused-ring (bicyclic) bond motifs is 3. The third-order valence-electron chi connectivity index (χ3n) is 6.06. The van der Waals surface area contributed by atoms with E-state index in [0.717, 1.165) is 37.1 Å². The summed E-state index contributed by atoms with van der Waals surface area (Å²) in [6, 6.07) is 10.0. The summed E-state index contributed by atoms with van der Waals surface area (Å²) < 4.78 is 0. The molecule has 3 heterocycles. The monoisotopic (exact) mass is 400 g/mol. The van der Waals surface area contributed by atoms with Gasteiger partial charge in [0.1, 0.15) is 0 Å². The molecule has 3 aromatic rings. The van der Waals surface area contributed by atoms with E-state index < -0.39 is 0 Å². The number of ketones is 1. The Hall–Kier alpha value is -3.28. The van der Waals surface area contributed by atoms with E-state index in [4.69, 9.17) is 0 Å². The zero-order valence-corrected chi connectivity index (χ0v) is 16.8. The first-order valence-corrected chi connectivity index (χ1v) is 10.6. The molecule has 6 heteroatoms. The van der Waals surface area contributed by atoms with E-state index in [2.05, 4.69) is 25.9 Å². The molecular formula is C24H24N4O2. The maximum Gasteiger partial charge on any atom is 0.262 e. The zero-order valence-electron chi connectivity index (χ0n) is 16.8. The molecule has 2 aromatic heterocycles. The highest BCUT2D eigenvalue weighted by Crippen LogP contribution is 2.30. The number of carbonyl (C=O) groups is 1. The van der Waals surface area contributed by atoms with Crippen LogP contribution in [0, 0.1) is 5.92 Å². The van der Waals surface area contributed by atoms with Crippen LogP contribution in [-0.4, -0.2) is 33.8 Å². The van der Waals surface area contributed by atoms with Gasteiger partial charge in [-0.05, 0) is 42.7 Å². The van der Waals surface area contributed by atoms with Crippen LogP contribution in [-0.2, 0) is 6.42 Å². The minimum atomic E-state index is -0.203. The standard InChI is InChI=1S/C24H24N4O2/c29-20-14-17(10-9-16-7-3-1-4-8-16)13-18-19(20)15-25-22-21(18)23(30)27-24(26-22)28-11-5-2-6-12-28/h1,3-4,7-10,15,17H,2,5-6,11-14H2,(H,25,26,27,30)/b10-9+/t17-/m1/s1. The van der Waals surface area contributed by atoms with Crippen molar-refractivity contribution in [3.05, 3.63) is 69.6 Å². The summed E-state index contributed by atoms with van der Waals surface area (Å²) in [7, 11) is 0. The van der Waals surface area contributed by atoms with Gasteiger partial charge in [0.2, 0.25) is 5.95 Å². The summed E-state index contributed by atoms with van der Waals surface area (Å²) >= 11 is 0. The normalized spacial score (nSPS) is 19.4. The average molecular weight is 400 g/mol. The summed E-state index contributed by atoms with van der Waals surface area (Å²) in [4.78, 5) is 39.9. The maximum atomic E-state index is 13.0. The van der Waals surface area contributed by atoms with Gasteiger partial charge in [-0.1, -0.05) is 42.5 Å². The van der Waals surface area contributed by atoms with E-state index in [1.54, 1.807) is 6.20 Å². The Morgan fingerprint density at radius 3 is 2.63 bits per heavy atom. The summed E-state index contributed by atoms with van der Waals surface area (Å²) in [5.74, 6) is 0.673. The van der Waals surface area contributed by atoms with Gasteiger partial charge in [-0.25, -0.2) is 4.98 Å². The van der Waals surface area contributed by atoms with Crippen LogP contribution in [0.15, 0.2) is 47.4 Å². The summed E-state index contributed by atoms with van der Waals surface area (Å²) in [6.45, 7) is 1.79. The number of rotatable bonds is 3. The van der Waals surface area contributed by atoms with Crippen molar-refractivity contribution in [3.8, 4) is 0 Å². The van der Waals surface area contributed by atoms with Crippen molar-refractivity contribution in [2.75, 3.05) is 18.0 Å². The van der Waals surface area contributed by atoms with Gasteiger partial charge < -0.3 is 4.90 Å². The lowest BCUT2D eigenvalue weighted by molar-refractivity contribution is 0.0959. The first-order valence-electron chi connectivity index (χ1n) is 10.6. The van der Waals surface area contributed by atoms with Gasteiger partial charge in [0.25, 0.3) is 5.56 Å². The molecule has 152 valence electrons. The SMILES string of the molecule is O=C1C[C@H](/C=C/c2ccccc2)Cc2c1cnc1nc(N3CCCCC3)[nH]c(=O)c21. The summed E-state index contributed by atoms with van der Waals surface area (Å²) in [5.41, 5.74) is 2.66. The van der Waals surface area contributed by atoms with Crippen LogP contribution < -0.4 is 10.5 Å². The number of H-pyrrole nitrogens is 1. The van der Waals surface area contributed by atoms with E-state index in [1.165, 1.54) is 6.42 Å². The summed E-state index contributed by atoms with van der Waals surface area (Å²) in [5, 5.41) is 0.458. The second-order valence-corrected chi connectivity index (χ2v) is 8.15. The number of piperidine rings is 1. The van der Waals surface area contributed by atoms with Crippen LogP contribution >= 0.6 is 0 Å². The molecule has 0 saturated carbocycles. The highest BCUT2D eigenvalue weighted by molar-refractivity contribution is 6.02. The lowest BCUT2D eigenvalue weighted by Crippen LogP contribution is -2.33. The van der Waals surface area contributed by atoms with E-state index in [9.17, 15) is 9.59 Å². The third-order valence-corrected chi connectivity index (χ3v) is 6.06. The Morgan fingerprint density at radius 1 is 1.03 bits per heavy atom. The Balaban J connectivity index is 1.51. The molecule has 1 aliphatic heterocycles. The van der Waals surface area contributed by atoms with E-state index in [-0.39, 0.29) is 17.3 Å². The number of anilines is 1. The highest BCUT2D eigenvalue weighted by Gasteiger charge is 2.28. The molecule has 0 radical (unpaired) electrons. The quantitative estimate of drug-likeness (QED) is 0.724. The van der Waals surface area contributed by atoms with Crippen LogP contribution in [0.3, 0.4) is 0 Å². The van der Waals surface area contributed by atoms with Crippen LogP contribution in [0.1, 0.15) is 47.2 Å². The molecule has 1 atom stereocenters. The molecule has 6 nitrogen and oxygen atoms in total. The van der Waals surface area contributed by atoms with E-state index >= 15 is 0 Å². The molecule has 1 saturated heterocycles. The van der Waals surface area contributed by atoms with Crippen molar-refractivity contribution >= 4 is 28.8 Å². The molecule has 2 aliphatic rings. The number of hydrogen-bond acceptors (Lipinski definition) is 5. The number of pyridine rings is 1. The molecule has 1 N–H and O–H groups in total. The fourth-order valence-electron chi connectivity index (χ4n) is 4.49. The van der Waals surface area contributed by atoms with Gasteiger partial charge in [0, 0.05) is 31.3 Å². The number of aromatic amines is 1. The number of Topliss-reactive ketones (excluding diaryl/α,β-unsaturated/α-hetero) is 1. The molecule has 5 rings (SSSR count). The molecule has 1 aromatic carbocycles. The Kier molecular flexibility index (Phi) is 4.91. The highest BCUT2D eigenvalue weighted by atomic mass is 16.1. The number of hydrogen-bond donors (Lipinski definition) is 1. The van der Waals surface area contributed by atoms with Gasteiger partial charge in [-0.15, -0.1) is 0 Å². The first-order chi connectivity index (χ1) is 14.7. The van der Waals surface area contributed by atoms with Gasteiger partial charge in [0.15, 0.2) is 11.4 Å². The third kappa shape index (κ3) is 3.54. The number of allylic oxidation sites excluding steroid dienone is 1. The van der Waals surface area contributed by atoms with Gasteiger partial charge in [-0.2, -0.15) is 4.98 Å². The number of benzene rings is 1. The molecule has 1 fully saturated rings. The van der Waals surface area contributed by atoms with E-state index in [0.29, 0.717) is 35.4 Å². The maximum absolute atomic E-state index is 13.0. The molecule has 0 amide bonds. The number of aromatic nitrogens is 3. The Labute approximate surface area is 174 Å². The predicted molar refractivity (Wildman–Crippen MR) is 118 cm³/mol. The van der Waals surface area contributed by atoms with Gasteiger partial charge >= 0.3 is 0 Å². The van der Waals surface area contributed by atoms with Crippen molar-refractivity contribution < 1.29 is 4.79 Å². The second-order valence-electron chi connectivity index (χ2n) is 8.15. The molecule has 0 unspecified atom stereocenters. The van der Waals surface area contributed by atoms with Crippen LogP contribution in [0.25, 0.3) is 17.1 Å². The van der Waals surface area contributed by atoms with Gasteiger partial charge in [-0.3, -0.25) is 14.6 Å². The largest absolute Gasteiger partial charge is 0.342 e. The topological polar surface area (TPSA) is 79.0 Å². The molecule has 1 aliphatic carbocycles. The zero-order chi connectivity index (χ0) is 20.5. The lowest BCUT2D eigenvalue weighted by atomic mass is 9.82. The van der Waals surface area contributed by atoms with Crippen molar-refractivity contribution in [1.82, 2.24) is 15.0 Å². The molecule has 0 spiro atoms. The van der Waals surface area contributed by atoms with Crippen LogP contribution in [0.5, 0.6) is 0 Å². The predicted octanol–water partition coefficient (Wildman–Crippen LogP) is 3.77. The fraction of sp³-hybridized carbons (Fsp3) is 0.333. The number of nitrogens with one attached hydrogen (secondary N) is 1. The van der Waals surface area contributed by atoms with Crippen LogP contribution in [0.4, 0.5) is 5.95 Å². The van der Waals surface area contributed by atoms with Gasteiger partial charge in [0.05, 0.1) is 5.39 Å². The minimum Gasteiger partial charge on any atom is -0.342 e. The average Bonchev–Trinajstić information content (AvgIpc) is 2.78. The number of nitrogens with zero attached hydrogens (tertiary/aromatic N) is 3. The Morgan fingerprint density at radius 2 is 1.83 bits per heavy atom. The van der Waals surface area contributed by atoms with Crippen molar-refractivity contribution in [2.45, 2.75) is 32.1 Å². The fourth-order valence-corrected chi connectivity index (χ4v) is 4.49. The molecular weight excluding hydrogens is 376 g/mol. The lowest BCUT2D eigenvalue weighted by Gasteiger charge is -2.27. The summed E-state index contributed by atoms with van der Waals surface area (Å²) in [6.07, 6.45) is 10.2. The molecule has 0 bridgehead atoms. The van der Waals surface area contributed by atoms with E-state index in [1.807, 2.05) is 36.4 Å². The Bertz CT molecular complexity index is 1180. The second kappa shape index (κ2) is 7.86. The van der Waals surface area contributed by atoms with Crippen molar-refractivity contribution in [1.29, 1.82) is 0 Å². The first kappa shape index (κ1) is 18.7. The number of carbonyl (C=O) groups excluding carboxylic acids is 1. The molecule has 30 heavy (non-hydrogen) atoms.